The molecule has 0 spiro atoms. The second-order valence-corrected chi connectivity index (χ2v) is 7.40. The van der Waals surface area contributed by atoms with Gasteiger partial charge in [0, 0.05) is 12.1 Å². The van der Waals surface area contributed by atoms with Crippen molar-refractivity contribution in [1.82, 2.24) is 5.32 Å². The van der Waals surface area contributed by atoms with Gasteiger partial charge >= 0.3 is 6.18 Å². The molecule has 0 heterocycles. The van der Waals surface area contributed by atoms with E-state index in [0.717, 1.165) is 16.8 Å². The number of phenolic OH excluding ortho intramolecular Hbond substituents is 1. The van der Waals surface area contributed by atoms with E-state index in [4.69, 9.17) is 4.74 Å². The molecule has 4 nitrogen and oxygen atoms in total. The maximum Gasteiger partial charge on any atom is 0.391 e. The van der Waals surface area contributed by atoms with Gasteiger partial charge in [0.15, 0.2) is 11.5 Å². The third kappa shape index (κ3) is 5.43. The van der Waals surface area contributed by atoms with E-state index in [1.807, 2.05) is 12.2 Å². The number of benzene rings is 1. The minimum Gasteiger partial charge on any atom is -0.504 e. The molecule has 156 valence electrons. The van der Waals surface area contributed by atoms with Crippen molar-refractivity contribution in [1.29, 1.82) is 0 Å². The normalized spacial score (nSPS) is 19.7. The molecule has 1 fully saturated rings. The fourth-order valence-corrected chi connectivity index (χ4v) is 3.79. The van der Waals surface area contributed by atoms with Crippen LogP contribution in [-0.4, -0.2) is 24.3 Å². The highest BCUT2D eigenvalue weighted by Gasteiger charge is 2.40. The lowest BCUT2D eigenvalue weighted by atomic mass is 9.82. The number of aromatic hydroxyl groups is 1. The predicted molar refractivity (Wildman–Crippen MR) is 103 cm³/mol. The average Bonchev–Trinajstić information content (AvgIpc) is 2.69. The summed E-state index contributed by atoms with van der Waals surface area (Å²) in [6.45, 7) is 0. The third-order valence-electron chi connectivity index (χ3n) is 5.39. The summed E-state index contributed by atoms with van der Waals surface area (Å²) in [6.07, 6.45) is 3.20. The van der Waals surface area contributed by atoms with Crippen LogP contribution in [0.4, 0.5) is 13.2 Å². The fourth-order valence-electron chi connectivity index (χ4n) is 3.79. The zero-order valence-electron chi connectivity index (χ0n) is 16.2. The van der Waals surface area contributed by atoms with Gasteiger partial charge in [0.2, 0.25) is 5.91 Å². The van der Waals surface area contributed by atoms with Crippen LogP contribution in [0.2, 0.25) is 0 Å². The van der Waals surface area contributed by atoms with Crippen LogP contribution in [0.5, 0.6) is 11.5 Å². The molecule has 3 rings (SSSR count). The van der Waals surface area contributed by atoms with Crippen LogP contribution in [0.15, 0.2) is 53.3 Å². The molecule has 0 radical (unpaired) electrons. The van der Waals surface area contributed by atoms with E-state index in [-0.39, 0.29) is 30.9 Å². The largest absolute Gasteiger partial charge is 0.504 e. The summed E-state index contributed by atoms with van der Waals surface area (Å²) in [4.78, 5) is 12.4. The van der Waals surface area contributed by atoms with Crippen LogP contribution in [0, 0.1) is 5.92 Å². The number of hydrogen-bond acceptors (Lipinski definition) is 3. The maximum atomic E-state index is 12.9. The number of hydrogen-bond donors (Lipinski definition) is 2. The number of rotatable bonds is 4. The SMILES string of the molecule is COc1cc(CC(=O)NC2=CC=CC(=C3CCC(C(F)(F)F)CC3)C2)ccc1O. The number of nitrogens with one attached hydrogen (secondary N) is 1. The van der Waals surface area contributed by atoms with Gasteiger partial charge in [0.1, 0.15) is 0 Å². The van der Waals surface area contributed by atoms with Crippen LogP contribution >= 0.6 is 0 Å². The lowest BCUT2D eigenvalue weighted by Crippen LogP contribution is -2.27. The molecule has 2 aliphatic rings. The summed E-state index contributed by atoms with van der Waals surface area (Å²) in [5.74, 6) is -1.11. The molecule has 1 aromatic rings. The fraction of sp³-hybridized carbons (Fsp3) is 0.409. The summed E-state index contributed by atoms with van der Waals surface area (Å²) < 4.78 is 43.6. The molecule has 1 aromatic carbocycles. The molecule has 1 amide bonds. The molecular formula is C22H24F3NO3. The van der Waals surface area contributed by atoms with Crippen LogP contribution < -0.4 is 10.1 Å². The van der Waals surface area contributed by atoms with Gasteiger partial charge in [-0.25, -0.2) is 0 Å². The Morgan fingerprint density at radius 2 is 2.00 bits per heavy atom. The van der Waals surface area contributed by atoms with Crippen molar-refractivity contribution in [2.24, 2.45) is 5.92 Å². The summed E-state index contributed by atoms with van der Waals surface area (Å²) in [7, 11) is 1.44. The number of ether oxygens (including phenoxy) is 1. The molecule has 7 heteroatoms. The van der Waals surface area contributed by atoms with Gasteiger partial charge in [0.05, 0.1) is 19.4 Å². The van der Waals surface area contributed by atoms with Crippen LogP contribution in [-0.2, 0) is 11.2 Å². The monoisotopic (exact) mass is 407 g/mol. The van der Waals surface area contributed by atoms with E-state index in [1.165, 1.54) is 13.2 Å². The van der Waals surface area contributed by atoms with E-state index < -0.39 is 12.1 Å². The number of methoxy groups -OCH3 is 1. The Kier molecular flexibility index (Phi) is 6.35. The third-order valence-corrected chi connectivity index (χ3v) is 5.39. The zero-order chi connectivity index (χ0) is 21.0. The Morgan fingerprint density at radius 3 is 2.66 bits per heavy atom. The smallest absolute Gasteiger partial charge is 0.391 e. The van der Waals surface area contributed by atoms with E-state index in [0.29, 0.717) is 30.6 Å². The second kappa shape index (κ2) is 8.76. The standard InChI is InChI=1S/C22H24F3NO3/c1-29-20-11-14(5-10-19(20)27)12-21(28)26-18-4-2-3-16(13-18)15-6-8-17(9-7-15)22(23,24)25/h2-5,10-11,17,27H,6-9,12-13H2,1H3,(H,26,28). The Bertz CT molecular complexity index is 859. The molecular weight excluding hydrogens is 383 g/mol. The van der Waals surface area contributed by atoms with Crippen molar-refractivity contribution >= 4 is 5.91 Å². The van der Waals surface area contributed by atoms with Crippen molar-refractivity contribution in [3.8, 4) is 11.5 Å². The number of carbonyl (C=O) groups is 1. The number of halogens is 3. The highest BCUT2D eigenvalue weighted by molar-refractivity contribution is 5.80. The van der Waals surface area contributed by atoms with E-state index in [1.54, 1.807) is 18.2 Å². The highest BCUT2D eigenvalue weighted by atomic mass is 19.4. The second-order valence-electron chi connectivity index (χ2n) is 7.40. The van der Waals surface area contributed by atoms with Gasteiger partial charge in [-0.2, -0.15) is 13.2 Å². The molecule has 2 aliphatic carbocycles. The minimum absolute atomic E-state index is 0.00768. The number of amides is 1. The maximum absolute atomic E-state index is 12.9. The van der Waals surface area contributed by atoms with Gasteiger partial charge in [-0.3, -0.25) is 4.79 Å². The number of alkyl halides is 3. The van der Waals surface area contributed by atoms with Crippen molar-refractivity contribution in [2.45, 2.75) is 44.7 Å². The molecule has 0 aliphatic heterocycles. The zero-order valence-corrected chi connectivity index (χ0v) is 16.2. The summed E-state index contributed by atoms with van der Waals surface area (Å²) in [5.41, 5.74) is 3.47. The van der Waals surface area contributed by atoms with Gasteiger partial charge in [-0.1, -0.05) is 23.8 Å². The summed E-state index contributed by atoms with van der Waals surface area (Å²) in [5, 5.41) is 12.5. The first-order chi connectivity index (χ1) is 13.8. The van der Waals surface area contributed by atoms with Crippen molar-refractivity contribution in [3.05, 3.63) is 58.8 Å². The first-order valence-electron chi connectivity index (χ1n) is 9.57. The van der Waals surface area contributed by atoms with Crippen LogP contribution in [0.1, 0.15) is 37.7 Å². The van der Waals surface area contributed by atoms with Crippen LogP contribution in [0.3, 0.4) is 0 Å². The topological polar surface area (TPSA) is 58.6 Å². The summed E-state index contributed by atoms with van der Waals surface area (Å²) in [6, 6.07) is 4.74. The van der Waals surface area contributed by atoms with Crippen molar-refractivity contribution < 1.29 is 27.8 Å². The molecule has 0 unspecified atom stereocenters. The first kappa shape index (κ1) is 21.0. The van der Waals surface area contributed by atoms with Crippen LogP contribution in [0.25, 0.3) is 0 Å². The molecule has 29 heavy (non-hydrogen) atoms. The highest BCUT2D eigenvalue weighted by Crippen LogP contribution is 2.41. The lowest BCUT2D eigenvalue weighted by molar-refractivity contribution is -0.179. The van der Waals surface area contributed by atoms with Gasteiger partial charge in [0.25, 0.3) is 0 Å². The van der Waals surface area contributed by atoms with Gasteiger partial charge < -0.3 is 15.2 Å². The Balaban J connectivity index is 1.58. The van der Waals surface area contributed by atoms with Crippen molar-refractivity contribution in [3.63, 3.8) is 0 Å². The van der Waals surface area contributed by atoms with Crippen molar-refractivity contribution in [2.75, 3.05) is 7.11 Å². The molecule has 0 saturated heterocycles. The van der Waals surface area contributed by atoms with E-state index in [9.17, 15) is 23.1 Å². The molecule has 0 aromatic heterocycles. The number of phenols is 1. The Morgan fingerprint density at radius 1 is 1.28 bits per heavy atom. The van der Waals surface area contributed by atoms with E-state index in [2.05, 4.69) is 5.32 Å². The predicted octanol–water partition coefficient (Wildman–Crippen LogP) is 4.95. The van der Waals surface area contributed by atoms with E-state index >= 15 is 0 Å². The quantitative estimate of drug-likeness (QED) is 0.742. The molecule has 0 atom stereocenters. The Hall–Kier alpha value is -2.70. The first-order valence-corrected chi connectivity index (χ1v) is 9.57. The molecule has 2 N–H and O–H groups in total. The molecule has 0 bridgehead atoms. The lowest BCUT2D eigenvalue weighted by Gasteiger charge is -2.28. The summed E-state index contributed by atoms with van der Waals surface area (Å²) >= 11 is 0. The Labute approximate surface area is 167 Å². The molecule has 1 saturated carbocycles. The number of allylic oxidation sites excluding steroid dienone is 5. The number of carbonyl (C=O) groups excluding carboxylic acids is 1. The average molecular weight is 407 g/mol. The minimum atomic E-state index is -4.12. The van der Waals surface area contributed by atoms with Gasteiger partial charge in [-0.15, -0.1) is 0 Å². The van der Waals surface area contributed by atoms with Gasteiger partial charge in [-0.05, 0) is 55.0 Å².